The summed E-state index contributed by atoms with van der Waals surface area (Å²) in [7, 11) is 0. The number of carbonyl (C=O) groups excluding carboxylic acids is 1. The van der Waals surface area contributed by atoms with E-state index in [1.807, 2.05) is 18.2 Å². The first-order valence-electron chi connectivity index (χ1n) is 9.06. The molecular formula is C21H24ClNO4. The van der Waals surface area contributed by atoms with Gasteiger partial charge in [-0.15, -0.1) is 0 Å². The lowest BCUT2D eigenvalue weighted by Crippen LogP contribution is -2.40. The second-order valence-electron chi connectivity index (χ2n) is 6.85. The lowest BCUT2D eigenvalue weighted by Gasteiger charge is -2.26. The fourth-order valence-corrected chi connectivity index (χ4v) is 3.06. The van der Waals surface area contributed by atoms with E-state index in [1.165, 1.54) is 0 Å². The van der Waals surface area contributed by atoms with E-state index in [2.05, 4.69) is 19.2 Å². The standard InChI is InChI=1S/C21H24ClNO4/c1-13(2)20(15-4-9-18-19(12-15)26-11-10-25-18)23-21(24)14(3)27-17-7-5-16(22)6-8-17/h4-9,12-14,20H,10-11H2,1-3H3,(H,23,24). The van der Waals surface area contributed by atoms with Crippen LogP contribution < -0.4 is 19.5 Å². The van der Waals surface area contributed by atoms with E-state index < -0.39 is 6.10 Å². The third-order valence-corrected chi connectivity index (χ3v) is 4.64. The molecule has 0 bridgehead atoms. The number of hydrogen-bond acceptors (Lipinski definition) is 4. The smallest absolute Gasteiger partial charge is 0.261 e. The van der Waals surface area contributed by atoms with Crippen LogP contribution in [0, 0.1) is 5.92 Å². The molecule has 6 heteroatoms. The Morgan fingerprint density at radius 2 is 1.70 bits per heavy atom. The van der Waals surface area contributed by atoms with Crippen LogP contribution in [-0.4, -0.2) is 25.2 Å². The van der Waals surface area contributed by atoms with E-state index in [9.17, 15) is 4.79 Å². The summed E-state index contributed by atoms with van der Waals surface area (Å²) in [4.78, 5) is 12.7. The third kappa shape index (κ3) is 4.86. The van der Waals surface area contributed by atoms with Crippen LogP contribution in [0.1, 0.15) is 32.4 Å². The highest BCUT2D eigenvalue weighted by molar-refractivity contribution is 6.30. The first-order valence-corrected chi connectivity index (χ1v) is 9.44. The minimum Gasteiger partial charge on any atom is -0.486 e. The quantitative estimate of drug-likeness (QED) is 0.795. The summed E-state index contributed by atoms with van der Waals surface area (Å²) in [5, 5.41) is 3.71. The van der Waals surface area contributed by atoms with Gasteiger partial charge in [-0.25, -0.2) is 0 Å². The number of nitrogens with one attached hydrogen (secondary N) is 1. The van der Waals surface area contributed by atoms with Crippen LogP contribution in [0.25, 0.3) is 0 Å². The van der Waals surface area contributed by atoms with Crippen molar-refractivity contribution in [3.05, 3.63) is 53.1 Å². The maximum atomic E-state index is 12.7. The molecule has 0 saturated heterocycles. The van der Waals surface area contributed by atoms with Crippen LogP contribution in [0.5, 0.6) is 17.2 Å². The molecule has 0 radical (unpaired) electrons. The average molecular weight is 390 g/mol. The zero-order valence-electron chi connectivity index (χ0n) is 15.7. The van der Waals surface area contributed by atoms with Crippen LogP contribution in [0.3, 0.4) is 0 Å². The molecule has 27 heavy (non-hydrogen) atoms. The van der Waals surface area contributed by atoms with E-state index in [0.29, 0.717) is 29.7 Å². The Morgan fingerprint density at radius 1 is 1.04 bits per heavy atom. The highest BCUT2D eigenvalue weighted by Gasteiger charge is 2.24. The van der Waals surface area contributed by atoms with Crippen molar-refractivity contribution in [1.82, 2.24) is 5.32 Å². The van der Waals surface area contributed by atoms with Crippen molar-refractivity contribution in [3.63, 3.8) is 0 Å². The van der Waals surface area contributed by atoms with Crippen molar-refractivity contribution in [2.45, 2.75) is 32.9 Å². The molecule has 0 aromatic heterocycles. The zero-order valence-corrected chi connectivity index (χ0v) is 16.5. The summed E-state index contributed by atoms with van der Waals surface area (Å²) in [5.41, 5.74) is 0.973. The minimum absolute atomic E-state index is 0.162. The molecule has 2 unspecified atom stereocenters. The van der Waals surface area contributed by atoms with Gasteiger partial charge in [0.1, 0.15) is 19.0 Å². The molecule has 0 fully saturated rings. The average Bonchev–Trinajstić information content (AvgIpc) is 2.67. The fourth-order valence-electron chi connectivity index (χ4n) is 2.93. The molecule has 2 aromatic carbocycles. The monoisotopic (exact) mass is 389 g/mol. The Morgan fingerprint density at radius 3 is 2.37 bits per heavy atom. The third-order valence-electron chi connectivity index (χ3n) is 4.39. The summed E-state index contributed by atoms with van der Waals surface area (Å²) in [6.45, 7) is 6.93. The molecule has 1 amide bonds. The van der Waals surface area contributed by atoms with Gasteiger partial charge in [-0.05, 0) is 54.8 Å². The molecule has 0 spiro atoms. The zero-order chi connectivity index (χ0) is 19.4. The van der Waals surface area contributed by atoms with Crippen molar-refractivity contribution >= 4 is 17.5 Å². The van der Waals surface area contributed by atoms with Gasteiger partial charge >= 0.3 is 0 Å². The van der Waals surface area contributed by atoms with Crippen molar-refractivity contribution in [2.75, 3.05) is 13.2 Å². The minimum atomic E-state index is -0.635. The Kier molecular flexibility index (Phi) is 6.11. The highest BCUT2D eigenvalue weighted by atomic mass is 35.5. The first-order chi connectivity index (χ1) is 12.9. The van der Waals surface area contributed by atoms with E-state index in [0.717, 1.165) is 11.3 Å². The number of rotatable bonds is 6. The summed E-state index contributed by atoms with van der Waals surface area (Å²) < 4.78 is 17.0. The highest BCUT2D eigenvalue weighted by Crippen LogP contribution is 2.34. The summed E-state index contributed by atoms with van der Waals surface area (Å²) >= 11 is 5.88. The normalized spacial score (nSPS) is 15.1. The molecule has 1 heterocycles. The van der Waals surface area contributed by atoms with Gasteiger partial charge < -0.3 is 19.5 Å². The molecular weight excluding hydrogens is 366 g/mol. The number of carbonyl (C=O) groups is 1. The number of benzene rings is 2. The van der Waals surface area contributed by atoms with Crippen LogP contribution >= 0.6 is 11.6 Å². The van der Waals surface area contributed by atoms with Gasteiger partial charge in [0.05, 0.1) is 6.04 Å². The van der Waals surface area contributed by atoms with Gasteiger partial charge in [0.25, 0.3) is 5.91 Å². The Hall–Kier alpha value is -2.40. The topological polar surface area (TPSA) is 56.8 Å². The van der Waals surface area contributed by atoms with E-state index in [4.69, 9.17) is 25.8 Å². The van der Waals surface area contributed by atoms with Crippen molar-refractivity contribution in [1.29, 1.82) is 0 Å². The molecule has 144 valence electrons. The lowest BCUT2D eigenvalue weighted by atomic mass is 9.95. The predicted molar refractivity (Wildman–Crippen MR) is 105 cm³/mol. The predicted octanol–water partition coefficient (Wildman–Crippen LogP) is 4.39. The van der Waals surface area contributed by atoms with Crippen molar-refractivity contribution in [2.24, 2.45) is 5.92 Å². The Labute approximate surface area is 164 Å². The van der Waals surface area contributed by atoms with Gasteiger partial charge in [-0.2, -0.15) is 0 Å². The van der Waals surface area contributed by atoms with E-state index >= 15 is 0 Å². The number of hydrogen-bond donors (Lipinski definition) is 1. The SMILES string of the molecule is CC(Oc1ccc(Cl)cc1)C(=O)NC(c1ccc2c(c1)OCCO2)C(C)C. The summed E-state index contributed by atoms with van der Waals surface area (Å²) in [6, 6.07) is 12.6. The fraction of sp³-hybridized carbons (Fsp3) is 0.381. The lowest BCUT2D eigenvalue weighted by molar-refractivity contribution is -0.128. The maximum Gasteiger partial charge on any atom is 0.261 e. The van der Waals surface area contributed by atoms with Gasteiger partial charge in [0.2, 0.25) is 0 Å². The number of halogens is 1. The molecule has 3 rings (SSSR count). The van der Waals surface area contributed by atoms with Crippen LogP contribution in [-0.2, 0) is 4.79 Å². The van der Waals surface area contributed by atoms with Gasteiger partial charge in [-0.3, -0.25) is 4.79 Å². The van der Waals surface area contributed by atoms with E-state index in [1.54, 1.807) is 31.2 Å². The Bertz CT molecular complexity index is 791. The number of fused-ring (bicyclic) bond motifs is 1. The van der Waals surface area contributed by atoms with Crippen LogP contribution in [0.15, 0.2) is 42.5 Å². The molecule has 1 N–H and O–H groups in total. The Balaban J connectivity index is 1.70. The number of amides is 1. The summed E-state index contributed by atoms with van der Waals surface area (Å²) in [5.74, 6) is 2.06. The maximum absolute atomic E-state index is 12.7. The van der Waals surface area contributed by atoms with Crippen LogP contribution in [0.4, 0.5) is 0 Å². The molecule has 1 aliphatic heterocycles. The molecule has 0 saturated carbocycles. The van der Waals surface area contributed by atoms with Crippen molar-refractivity contribution < 1.29 is 19.0 Å². The van der Waals surface area contributed by atoms with Gasteiger partial charge in [0.15, 0.2) is 17.6 Å². The molecule has 0 aliphatic carbocycles. The van der Waals surface area contributed by atoms with Gasteiger partial charge in [-0.1, -0.05) is 31.5 Å². The second-order valence-corrected chi connectivity index (χ2v) is 7.28. The second kappa shape index (κ2) is 8.53. The largest absolute Gasteiger partial charge is 0.486 e. The van der Waals surface area contributed by atoms with Gasteiger partial charge in [0, 0.05) is 5.02 Å². The van der Waals surface area contributed by atoms with Crippen LogP contribution in [0.2, 0.25) is 5.02 Å². The van der Waals surface area contributed by atoms with E-state index in [-0.39, 0.29) is 17.9 Å². The van der Waals surface area contributed by atoms with Crippen molar-refractivity contribution in [3.8, 4) is 17.2 Å². The molecule has 2 atom stereocenters. The summed E-state index contributed by atoms with van der Waals surface area (Å²) in [6.07, 6.45) is -0.635. The first kappa shape index (κ1) is 19.4. The number of ether oxygens (including phenoxy) is 3. The molecule has 5 nitrogen and oxygen atoms in total. The molecule has 2 aromatic rings. The molecule has 1 aliphatic rings.